The van der Waals surface area contributed by atoms with Crippen LogP contribution in [0.3, 0.4) is 0 Å². The fourth-order valence-corrected chi connectivity index (χ4v) is 2.74. The van der Waals surface area contributed by atoms with E-state index in [0.717, 1.165) is 9.80 Å². The van der Waals surface area contributed by atoms with E-state index in [9.17, 15) is 19.2 Å². The Morgan fingerprint density at radius 1 is 1.21 bits per heavy atom. The molecule has 1 aliphatic heterocycles. The Morgan fingerprint density at radius 2 is 1.93 bits per heavy atom. The summed E-state index contributed by atoms with van der Waals surface area (Å²) in [4.78, 5) is 51.2. The average Bonchev–Trinajstić information content (AvgIpc) is 2.90. The zero-order chi connectivity index (χ0) is 20.7. The van der Waals surface area contributed by atoms with Crippen LogP contribution in [0.15, 0.2) is 18.2 Å². The Bertz CT molecular complexity index is 766. The largest absolute Gasteiger partial charge is 0.449 e. The SMILES string of the molecule is CCOC(=O)N(CCN)C(=O)Nc1ccc2c(c1)C(=O)N(CCCOC)C2=O. The maximum Gasteiger partial charge on any atom is 0.418 e. The number of urea groups is 1. The first-order valence-corrected chi connectivity index (χ1v) is 8.89. The lowest BCUT2D eigenvalue weighted by molar-refractivity contribution is 0.0638. The Balaban J connectivity index is 2.14. The number of rotatable bonds is 8. The van der Waals surface area contributed by atoms with E-state index in [4.69, 9.17) is 15.2 Å². The molecular weight excluding hydrogens is 368 g/mol. The summed E-state index contributed by atoms with van der Waals surface area (Å²) in [6, 6.07) is 3.64. The molecule has 0 aromatic heterocycles. The van der Waals surface area contributed by atoms with E-state index < -0.39 is 18.0 Å². The number of fused-ring (bicyclic) bond motifs is 1. The van der Waals surface area contributed by atoms with E-state index in [0.29, 0.717) is 13.0 Å². The lowest BCUT2D eigenvalue weighted by Crippen LogP contribution is -2.43. The first-order chi connectivity index (χ1) is 13.4. The maximum absolute atomic E-state index is 12.5. The highest BCUT2D eigenvalue weighted by Gasteiger charge is 2.35. The second-order valence-corrected chi connectivity index (χ2v) is 5.94. The number of nitrogens with two attached hydrogens (primary N) is 1. The summed E-state index contributed by atoms with van der Waals surface area (Å²) in [6.07, 6.45) is -0.290. The summed E-state index contributed by atoms with van der Waals surface area (Å²) >= 11 is 0. The van der Waals surface area contributed by atoms with Crippen molar-refractivity contribution in [2.75, 3.05) is 45.3 Å². The van der Waals surface area contributed by atoms with Gasteiger partial charge in [0.1, 0.15) is 0 Å². The van der Waals surface area contributed by atoms with Gasteiger partial charge in [-0.25, -0.2) is 14.5 Å². The van der Waals surface area contributed by atoms with Crippen LogP contribution in [0.25, 0.3) is 0 Å². The molecule has 28 heavy (non-hydrogen) atoms. The van der Waals surface area contributed by atoms with E-state index in [-0.39, 0.29) is 49.0 Å². The van der Waals surface area contributed by atoms with Crippen molar-refractivity contribution >= 4 is 29.6 Å². The van der Waals surface area contributed by atoms with Crippen LogP contribution >= 0.6 is 0 Å². The van der Waals surface area contributed by atoms with Crippen LogP contribution in [0.2, 0.25) is 0 Å². The van der Waals surface area contributed by atoms with Gasteiger partial charge in [0, 0.05) is 39.0 Å². The van der Waals surface area contributed by atoms with Gasteiger partial charge in [0.15, 0.2) is 0 Å². The molecule has 10 nitrogen and oxygen atoms in total. The molecule has 0 atom stereocenters. The highest BCUT2D eigenvalue weighted by Crippen LogP contribution is 2.26. The first kappa shape index (κ1) is 21.3. The van der Waals surface area contributed by atoms with Gasteiger partial charge in [-0.3, -0.25) is 14.5 Å². The highest BCUT2D eigenvalue weighted by atomic mass is 16.6. The van der Waals surface area contributed by atoms with E-state index in [1.165, 1.54) is 18.2 Å². The van der Waals surface area contributed by atoms with Gasteiger partial charge in [-0.1, -0.05) is 0 Å². The first-order valence-electron chi connectivity index (χ1n) is 8.89. The van der Waals surface area contributed by atoms with Crippen molar-refractivity contribution in [1.82, 2.24) is 9.80 Å². The number of nitrogens with zero attached hydrogens (tertiary/aromatic N) is 2. The molecule has 0 fully saturated rings. The number of methoxy groups -OCH3 is 1. The third-order valence-electron chi connectivity index (χ3n) is 4.04. The van der Waals surface area contributed by atoms with Crippen LogP contribution in [0, 0.1) is 0 Å². The molecular formula is C18H24N4O6. The molecule has 0 aliphatic carbocycles. The zero-order valence-corrected chi connectivity index (χ0v) is 15.9. The topological polar surface area (TPSA) is 131 Å². The minimum Gasteiger partial charge on any atom is -0.449 e. The molecule has 0 radical (unpaired) electrons. The average molecular weight is 392 g/mol. The molecule has 1 aromatic rings. The predicted octanol–water partition coefficient (Wildman–Crippen LogP) is 1.27. The van der Waals surface area contributed by atoms with Gasteiger partial charge in [0.25, 0.3) is 11.8 Å². The van der Waals surface area contributed by atoms with Crippen LogP contribution in [-0.4, -0.2) is 73.7 Å². The number of nitrogens with one attached hydrogen (secondary N) is 1. The normalized spacial score (nSPS) is 12.8. The van der Waals surface area contributed by atoms with E-state index in [1.807, 2.05) is 0 Å². The summed E-state index contributed by atoms with van der Waals surface area (Å²) in [6.45, 7) is 2.45. The van der Waals surface area contributed by atoms with E-state index >= 15 is 0 Å². The van der Waals surface area contributed by atoms with Crippen molar-refractivity contribution in [3.63, 3.8) is 0 Å². The van der Waals surface area contributed by atoms with Crippen molar-refractivity contribution in [2.45, 2.75) is 13.3 Å². The molecule has 1 heterocycles. The third-order valence-corrected chi connectivity index (χ3v) is 4.04. The van der Waals surface area contributed by atoms with E-state index in [1.54, 1.807) is 14.0 Å². The van der Waals surface area contributed by atoms with Crippen molar-refractivity contribution in [3.05, 3.63) is 29.3 Å². The van der Waals surface area contributed by atoms with E-state index in [2.05, 4.69) is 5.32 Å². The van der Waals surface area contributed by atoms with Gasteiger partial charge in [0.2, 0.25) is 0 Å². The molecule has 10 heteroatoms. The third kappa shape index (κ3) is 4.65. The predicted molar refractivity (Wildman–Crippen MR) is 100 cm³/mol. The molecule has 2 rings (SSSR count). The Morgan fingerprint density at radius 3 is 2.57 bits per heavy atom. The second kappa shape index (κ2) is 9.81. The van der Waals surface area contributed by atoms with Gasteiger partial charge in [-0.05, 0) is 31.5 Å². The summed E-state index contributed by atoms with van der Waals surface area (Å²) in [5.74, 6) is -0.818. The fraction of sp³-hybridized carbons (Fsp3) is 0.444. The lowest BCUT2D eigenvalue weighted by atomic mass is 10.1. The van der Waals surface area contributed by atoms with Gasteiger partial charge in [-0.15, -0.1) is 0 Å². The highest BCUT2D eigenvalue weighted by molar-refractivity contribution is 6.21. The standard InChI is InChI=1S/C18H24N4O6/c1-3-28-18(26)22(9-7-19)17(25)20-12-5-6-13-14(11-12)16(24)21(15(13)23)8-4-10-27-2/h5-6,11H,3-4,7-10,19H2,1-2H3,(H,20,25). The van der Waals surface area contributed by atoms with Crippen molar-refractivity contribution in [2.24, 2.45) is 5.73 Å². The molecule has 3 N–H and O–H groups in total. The number of hydrogen-bond acceptors (Lipinski definition) is 7. The summed E-state index contributed by atoms with van der Waals surface area (Å²) in [5, 5.41) is 2.53. The van der Waals surface area contributed by atoms with Gasteiger partial charge < -0.3 is 20.5 Å². The maximum atomic E-state index is 12.5. The number of ether oxygens (including phenoxy) is 2. The molecule has 0 unspecified atom stereocenters. The van der Waals surface area contributed by atoms with Crippen LogP contribution < -0.4 is 11.1 Å². The Kier molecular flexibility index (Phi) is 7.47. The van der Waals surface area contributed by atoms with Crippen LogP contribution in [0.1, 0.15) is 34.1 Å². The quantitative estimate of drug-likeness (QED) is 0.503. The smallest absolute Gasteiger partial charge is 0.418 e. The number of benzene rings is 1. The molecule has 0 saturated carbocycles. The Labute approximate surface area is 162 Å². The molecule has 5 amide bonds. The van der Waals surface area contributed by atoms with Gasteiger partial charge >= 0.3 is 12.1 Å². The van der Waals surface area contributed by atoms with Crippen molar-refractivity contribution in [1.29, 1.82) is 0 Å². The van der Waals surface area contributed by atoms with Crippen LogP contribution in [0.4, 0.5) is 15.3 Å². The van der Waals surface area contributed by atoms with Crippen molar-refractivity contribution in [3.8, 4) is 0 Å². The lowest BCUT2D eigenvalue weighted by Gasteiger charge is -2.19. The summed E-state index contributed by atoms with van der Waals surface area (Å²) < 4.78 is 9.78. The summed E-state index contributed by atoms with van der Waals surface area (Å²) in [5.41, 5.74) is 6.18. The minimum absolute atomic E-state index is 0.0275. The molecule has 1 aromatic carbocycles. The number of amides is 5. The van der Waals surface area contributed by atoms with Crippen LogP contribution in [-0.2, 0) is 9.47 Å². The van der Waals surface area contributed by atoms with Gasteiger partial charge in [0.05, 0.1) is 17.7 Å². The molecule has 0 spiro atoms. The molecule has 0 bridgehead atoms. The monoisotopic (exact) mass is 392 g/mol. The molecule has 1 aliphatic rings. The number of imide groups is 2. The molecule has 0 saturated heterocycles. The van der Waals surface area contributed by atoms with Gasteiger partial charge in [-0.2, -0.15) is 0 Å². The molecule has 152 valence electrons. The Hall–Kier alpha value is -2.98. The number of carbonyl (C=O) groups excluding carboxylic acids is 4. The number of anilines is 1. The minimum atomic E-state index is -0.817. The van der Waals surface area contributed by atoms with Crippen LogP contribution in [0.5, 0.6) is 0 Å². The number of carbonyl (C=O) groups is 4. The van der Waals surface area contributed by atoms with Crippen molar-refractivity contribution < 1.29 is 28.7 Å². The second-order valence-electron chi connectivity index (χ2n) is 5.94. The zero-order valence-electron chi connectivity index (χ0n) is 15.9. The summed E-state index contributed by atoms with van der Waals surface area (Å²) in [7, 11) is 1.54. The fourth-order valence-electron chi connectivity index (χ4n) is 2.74. The number of hydrogen-bond donors (Lipinski definition) is 2.